The second-order valence-electron chi connectivity index (χ2n) is 27.8. The van der Waals surface area contributed by atoms with E-state index in [4.69, 9.17) is 9.15 Å². The molecule has 0 radical (unpaired) electrons. The van der Waals surface area contributed by atoms with Crippen molar-refractivity contribution in [2.24, 2.45) is 11.8 Å². The highest BCUT2D eigenvalue weighted by atomic mass is 32.2. The summed E-state index contributed by atoms with van der Waals surface area (Å²) in [4.78, 5) is 82.8. The number of sulfonamides is 1. The van der Waals surface area contributed by atoms with Crippen LogP contribution in [0.3, 0.4) is 0 Å². The summed E-state index contributed by atoms with van der Waals surface area (Å²) in [5.41, 5.74) is 10.6. The molecule has 2 atom stereocenters. The number of amides is 2. The standard InChI is InChI=1S/C81H90N8O10S2/c1-7-63(90)24-12-11-13-28-69(89-50-75(84-85-89)81(6,53(2)3)83-79(94)59-39-45-100-52-59)71(92)51-98-80(95)76-54(4)46-60(47-55(76)5)78(93)82-40-21-10-8-9-14-29-70(91)58-35-41-86(42-36-58)101(96,97)74-30-20-17-25-66(74)77-64-33-31-61(87-43-37-56-22-15-18-26-67(56)87)48-72(64)99-73-49-62(32-34-65(73)77)88-44-38-57-23-16-19-27-68(57)88/h15-20,22-23,25-27,30-34,39,45-50,52-53,58,69H,7-14,21,24,28-29,35-38,40-44,51H2,1-6H3,(H-,82,83,93,94)/p+1/t69-,81-/m0/s1. The zero-order valence-electron chi connectivity index (χ0n) is 58.7. The van der Waals surface area contributed by atoms with Crippen molar-refractivity contribution in [2.45, 2.75) is 161 Å². The maximum absolute atomic E-state index is 15.1. The van der Waals surface area contributed by atoms with Crippen LogP contribution in [0.4, 0.5) is 17.1 Å². The van der Waals surface area contributed by atoms with E-state index in [0.29, 0.717) is 109 Å². The van der Waals surface area contributed by atoms with Gasteiger partial charge in [0, 0.05) is 126 Å². The monoisotopic (exact) mass is 1400 g/mol. The Hall–Kier alpha value is -9.24. The highest BCUT2D eigenvalue weighted by Gasteiger charge is 2.38. The van der Waals surface area contributed by atoms with Crippen LogP contribution in [0, 0.1) is 25.7 Å². The van der Waals surface area contributed by atoms with E-state index >= 15 is 8.42 Å². The molecule has 1 saturated heterocycles. The van der Waals surface area contributed by atoms with Crippen LogP contribution in [-0.4, -0.2) is 102 Å². The van der Waals surface area contributed by atoms with Gasteiger partial charge in [-0.3, -0.25) is 24.0 Å². The predicted molar refractivity (Wildman–Crippen MR) is 395 cm³/mol. The third-order valence-corrected chi connectivity index (χ3v) is 23.5. The molecule has 20 heteroatoms. The van der Waals surface area contributed by atoms with Crippen LogP contribution in [0.1, 0.15) is 183 Å². The molecule has 2 amide bonds. The van der Waals surface area contributed by atoms with E-state index in [0.717, 1.165) is 85.6 Å². The molecule has 0 unspecified atom stereocenters. The van der Waals surface area contributed by atoms with E-state index in [1.165, 1.54) is 38.5 Å². The lowest BCUT2D eigenvalue weighted by atomic mass is 9.85. The van der Waals surface area contributed by atoms with Crippen LogP contribution < -0.4 is 25.5 Å². The Balaban J connectivity index is 0.615. The minimum atomic E-state index is -4.02. The van der Waals surface area contributed by atoms with Gasteiger partial charge in [0.15, 0.2) is 18.9 Å². The molecule has 12 rings (SSSR count). The maximum Gasteiger partial charge on any atom is 0.339 e. The van der Waals surface area contributed by atoms with E-state index in [-0.39, 0.29) is 58.8 Å². The van der Waals surface area contributed by atoms with Crippen molar-refractivity contribution >= 4 is 84.5 Å². The topological polar surface area (TPSA) is 223 Å². The molecule has 0 spiro atoms. The molecule has 6 heterocycles. The molecule has 7 aromatic rings. The fourth-order valence-corrected chi connectivity index (χ4v) is 17.0. The number of benzene rings is 6. The average Bonchev–Trinajstić information content (AvgIpc) is 1.06. The molecule has 5 aromatic carbocycles. The summed E-state index contributed by atoms with van der Waals surface area (Å²) in [6, 6.07) is 41.0. The molecule has 1 aliphatic carbocycles. The maximum atomic E-state index is 15.1. The van der Waals surface area contributed by atoms with Crippen molar-refractivity contribution in [3.05, 3.63) is 194 Å². The van der Waals surface area contributed by atoms with Crippen LogP contribution in [-0.2, 0) is 47.5 Å². The minimum Gasteiger partial charge on any atom is -0.456 e. The third-order valence-electron chi connectivity index (χ3n) is 20.9. The first-order chi connectivity index (χ1) is 48.8. The van der Waals surface area contributed by atoms with E-state index in [1.54, 1.807) is 60.1 Å². The van der Waals surface area contributed by atoms with Crippen molar-refractivity contribution < 1.29 is 46.3 Å². The summed E-state index contributed by atoms with van der Waals surface area (Å²) in [6.07, 6.45) is 12.2. The zero-order chi connectivity index (χ0) is 71.0. The number of aryl methyl sites for hydroxylation is 2. The molecule has 0 saturated carbocycles. The summed E-state index contributed by atoms with van der Waals surface area (Å²) in [6.45, 7) is 13.2. The van der Waals surface area contributed by atoms with Gasteiger partial charge in [-0.2, -0.15) is 20.2 Å². The highest BCUT2D eigenvalue weighted by Crippen LogP contribution is 2.45. The number of nitrogens with zero attached hydrogens (tertiary/aromatic N) is 6. The molecule has 4 aliphatic heterocycles. The van der Waals surface area contributed by atoms with Crippen molar-refractivity contribution in [3.63, 3.8) is 0 Å². The number of hydrogen-bond acceptors (Lipinski definition) is 14. The number of ether oxygens (including phenoxy) is 1. The van der Waals surface area contributed by atoms with Crippen molar-refractivity contribution in [1.29, 1.82) is 0 Å². The molecule has 18 nitrogen and oxygen atoms in total. The van der Waals surface area contributed by atoms with Crippen molar-refractivity contribution in [3.8, 4) is 22.5 Å². The minimum absolute atomic E-state index is 0.103. The van der Waals surface area contributed by atoms with Gasteiger partial charge in [-0.1, -0.05) is 113 Å². The van der Waals surface area contributed by atoms with Crippen LogP contribution in [0.2, 0.25) is 0 Å². The summed E-state index contributed by atoms with van der Waals surface area (Å²) in [7, 11) is -4.02. The van der Waals surface area contributed by atoms with Gasteiger partial charge in [-0.05, 0) is 142 Å². The predicted octanol–water partition coefficient (Wildman–Crippen LogP) is 14.8. The molecule has 526 valence electrons. The van der Waals surface area contributed by atoms with Gasteiger partial charge in [-0.25, -0.2) is 17.9 Å². The molecular formula is C81H91N8O10S2+. The van der Waals surface area contributed by atoms with Gasteiger partial charge >= 0.3 is 5.97 Å². The molecule has 2 aromatic heterocycles. The SMILES string of the molecule is CCC(=O)CCCCC[C@@H](C(=O)COC(=O)c1c(C)cc(C(=O)NCCCCCCCC(=O)C2CCN(S(=O)(=O)c3ccccc3-c3c4ccc(=[N+]5CCc6ccccc65)cc-4oc4cc(N5CCc6ccccc65)ccc34)CC2)cc1C)n1cc([C@@](C)(NC(=O)c2ccsc2)C(C)C)nn1. The zero-order valence-corrected chi connectivity index (χ0v) is 60.4. The van der Waals surface area contributed by atoms with E-state index < -0.39 is 40.0 Å². The van der Waals surface area contributed by atoms with Gasteiger partial charge < -0.3 is 24.7 Å². The summed E-state index contributed by atoms with van der Waals surface area (Å²) >= 11 is 1.42. The number of rotatable bonds is 30. The number of unbranched alkanes of at least 4 members (excludes halogenated alkanes) is 6. The number of Topliss-reactive ketones (excluding diaryl/α,β-unsaturated/α-hetero) is 3. The van der Waals surface area contributed by atoms with E-state index in [1.807, 2.05) is 45.2 Å². The second-order valence-corrected chi connectivity index (χ2v) is 30.4. The number of piperidine rings is 1. The lowest BCUT2D eigenvalue weighted by Gasteiger charge is -2.32. The smallest absolute Gasteiger partial charge is 0.339 e. The highest BCUT2D eigenvalue weighted by molar-refractivity contribution is 7.89. The Morgan fingerprint density at radius 1 is 0.752 bits per heavy atom. The normalized spacial score (nSPS) is 15.5. The Morgan fingerprint density at radius 3 is 2.25 bits per heavy atom. The number of hydrogen-bond donors (Lipinski definition) is 2. The Labute approximate surface area is 595 Å². The van der Waals surface area contributed by atoms with Crippen LogP contribution in [0.5, 0.6) is 0 Å². The first-order valence-electron chi connectivity index (χ1n) is 35.9. The number of esters is 1. The Kier molecular flexibility index (Phi) is 22.5. The van der Waals surface area contributed by atoms with E-state index in [9.17, 15) is 28.8 Å². The van der Waals surface area contributed by atoms with Gasteiger partial charge in [0.2, 0.25) is 21.1 Å². The average molecular weight is 1400 g/mol. The molecule has 5 aliphatic rings. The number of aromatic nitrogens is 3. The fourth-order valence-electron chi connectivity index (χ4n) is 14.7. The second kappa shape index (κ2) is 31.8. The number of nitrogens with one attached hydrogen (secondary N) is 2. The molecule has 0 bridgehead atoms. The Bertz CT molecular complexity index is 4700. The lowest BCUT2D eigenvalue weighted by molar-refractivity contribution is -0.126. The number of fused-ring (bicyclic) bond motifs is 4. The first-order valence-corrected chi connectivity index (χ1v) is 38.2. The quantitative estimate of drug-likeness (QED) is 0.0185. The molecule has 1 fully saturated rings. The lowest BCUT2D eigenvalue weighted by Crippen LogP contribution is -2.47. The largest absolute Gasteiger partial charge is 0.456 e. The van der Waals surface area contributed by atoms with Crippen LogP contribution in [0.15, 0.2) is 154 Å². The number of para-hydroxylation sites is 2. The number of ketones is 3. The van der Waals surface area contributed by atoms with Gasteiger partial charge in [0.05, 0.1) is 33.8 Å². The summed E-state index contributed by atoms with van der Waals surface area (Å²) in [5.74, 6) is -0.930. The summed E-state index contributed by atoms with van der Waals surface area (Å²) in [5, 5.41) is 20.4. The van der Waals surface area contributed by atoms with Gasteiger partial charge in [-0.15, -0.1) is 5.10 Å². The number of thiophene rings is 1. The van der Waals surface area contributed by atoms with Gasteiger partial charge in [0.1, 0.15) is 34.6 Å². The van der Waals surface area contributed by atoms with Crippen LogP contribution in [0.25, 0.3) is 33.4 Å². The molecule has 101 heavy (non-hydrogen) atoms. The van der Waals surface area contributed by atoms with Crippen LogP contribution >= 0.6 is 11.3 Å². The van der Waals surface area contributed by atoms with E-state index in [2.05, 4.69) is 115 Å². The summed E-state index contributed by atoms with van der Waals surface area (Å²) < 4.78 is 48.1. The first kappa shape index (κ1) is 71.6. The Morgan fingerprint density at radius 2 is 1.48 bits per heavy atom. The van der Waals surface area contributed by atoms with Gasteiger partial charge in [0.25, 0.3) is 11.8 Å². The number of carbonyl (C=O) groups excluding carboxylic acids is 6. The third kappa shape index (κ3) is 15.8. The van der Waals surface area contributed by atoms with Crippen molar-refractivity contribution in [1.82, 2.24) is 34.5 Å². The molecular weight excluding hydrogens is 1310 g/mol. The molecule has 2 N–H and O–H groups in total. The van der Waals surface area contributed by atoms with Crippen molar-refractivity contribution in [2.75, 3.05) is 44.2 Å². The number of anilines is 2. The fraction of sp³-hybridized carbons (Fsp3) is 0.395. The number of carbonyl (C=O) groups is 6.